The van der Waals surface area contributed by atoms with Gasteiger partial charge in [0.05, 0.1) is 24.2 Å². The lowest BCUT2D eigenvalue weighted by atomic mass is 10.1. The molecule has 0 saturated carbocycles. The number of pyridine rings is 1. The Hall–Kier alpha value is -3.36. The van der Waals surface area contributed by atoms with Gasteiger partial charge < -0.3 is 9.64 Å². The Bertz CT molecular complexity index is 1110. The molecule has 9 heteroatoms. The molecule has 1 amide bonds. The van der Waals surface area contributed by atoms with Crippen molar-refractivity contribution in [2.24, 2.45) is 0 Å². The van der Waals surface area contributed by atoms with Crippen LogP contribution >= 0.6 is 0 Å². The maximum Gasteiger partial charge on any atom is 0.416 e. The molecule has 0 spiro atoms. The standard InChI is InChI=1S/C21H19F3N4O2/c1-3-18(29)27-11-10-15(12-27)28-16-8-9-17(30-2)25-20(16)19(26-28)13-4-6-14(7-5-13)21(22,23)24/h3-9,15H,1,10-12H2,2H3. The van der Waals surface area contributed by atoms with Gasteiger partial charge in [0.25, 0.3) is 0 Å². The molecule has 2 aromatic heterocycles. The van der Waals surface area contributed by atoms with Crippen LogP contribution in [-0.2, 0) is 11.0 Å². The summed E-state index contributed by atoms with van der Waals surface area (Å²) in [6.07, 6.45) is -2.43. The lowest BCUT2D eigenvalue weighted by Gasteiger charge is -2.15. The minimum absolute atomic E-state index is 0.0743. The van der Waals surface area contributed by atoms with Crippen molar-refractivity contribution in [3.8, 4) is 17.1 Å². The number of benzene rings is 1. The lowest BCUT2D eigenvalue weighted by molar-refractivity contribution is -0.137. The Labute approximate surface area is 170 Å². The smallest absolute Gasteiger partial charge is 0.416 e. The van der Waals surface area contributed by atoms with Crippen LogP contribution in [0.15, 0.2) is 49.1 Å². The van der Waals surface area contributed by atoms with E-state index in [1.54, 1.807) is 15.6 Å². The zero-order chi connectivity index (χ0) is 21.5. The van der Waals surface area contributed by atoms with Gasteiger partial charge in [-0.2, -0.15) is 18.3 Å². The predicted octanol–water partition coefficient (Wildman–Crippen LogP) is 4.09. The third-order valence-electron chi connectivity index (χ3n) is 5.22. The summed E-state index contributed by atoms with van der Waals surface area (Å²) >= 11 is 0. The highest BCUT2D eigenvalue weighted by Gasteiger charge is 2.31. The number of rotatable bonds is 4. The topological polar surface area (TPSA) is 60.2 Å². The van der Waals surface area contributed by atoms with E-state index in [9.17, 15) is 18.0 Å². The minimum Gasteiger partial charge on any atom is -0.481 e. The third kappa shape index (κ3) is 3.51. The van der Waals surface area contributed by atoms with E-state index in [0.717, 1.165) is 17.6 Å². The largest absolute Gasteiger partial charge is 0.481 e. The van der Waals surface area contributed by atoms with Crippen LogP contribution in [0, 0.1) is 0 Å². The van der Waals surface area contributed by atoms with Gasteiger partial charge in [-0.25, -0.2) is 4.98 Å². The first-order valence-electron chi connectivity index (χ1n) is 9.34. The van der Waals surface area contributed by atoms with Gasteiger partial charge in [0.1, 0.15) is 11.2 Å². The second-order valence-electron chi connectivity index (χ2n) is 7.02. The maximum absolute atomic E-state index is 12.9. The maximum atomic E-state index is 12.9. The molecule has 0 aliphatic carbocycles. The number of hydrogen-bond acceptors (Lipinski definition) is 4. The van der Waals surface area contributed by atoms with E-state index in [2.05, 4.69) is 16.7 Å². The van der Waals surface area contributed by atoms with Crippen LogP contribution in [0.4, 0.5) is 13.2 Å². The molecule has 1 saturated heterocycles. The summed E-state index contributed by atoms with van der Waals surface area (Å²) in [6, 6.07) is 8.28. The van der Waals surface area contributed by atoms with Crippen LogP contribution < -0.4 is 4.74 Å². The number of carbonyl (C=O) groups excluding carboxylic acids is 1. The van der Waals surface area contributed by atoms with E-state index in [-0.39, 0.29) is 11.9 Å². The summed E-state index contributed by atoms with van der Waals surface area (Å²) < 4.78 is 45.8. The number of halogens is 3. The quantitative estimate of drug-likeness (QED) is 0.602. The molecule has 4 rings (SSSR count). The van der Waals surface area contributed by atoms with E-state index in [1.165, 1.54) is 25.3 Å². The van der Waals surface area contributed by atoms with E-state index in [4.69, 9.17) is 4.74 Å². The van der Waals surface area contributed by atoms with Crippen molar-refractivity contribution in [3.05, 3.63) is 54.6 Å². The molecule has 0 radical (unpaired) electrons. The van der Waals surface area contributed by atoms with Gasteiger partial charge in [0, 0.05) is 24.7 Å². The summed E-state index contributed by atoms with van der Waals surface area (Å²) in [5.41, 5.74) is 1.51. The van der Waals surface area contributed by atoms with Gasteiger partial charge in [-0.3, -0.25) is 9.48 Å². The molecule has 156 valence electrons. The number of fused-ring (bicyclic) bond motifs is 1. The number of methoxy groups -OCH3 is 1. The minimum atomic E-state index is -4.41. The summed E-state index contributed by atoms with van der Waals surface area (Å²) in [5, 5.41) is 4.68. The number of nitrogens with zero attached hydrogens (tertiary/aromatic N) is 4. The molecule has 1 aliphatic rings. The normalized spacial score (nSPS) is 16.8. The van der Waals surface area contributed by atoms with Gasteiger partial charge >= 0.3 is 6.18 Å². The van der Waals surface area contributed by atoms with Gasteiger partial charge in [-0.15, -0.1) is 0 Å². The summed E-state index contributed by atoms with van der Waals surface area (Å²) in [7, 11) is 1.49. The van der Waals surface area contributed by atoms with Gasteiger partial charge in [-0.05, 0) is 30.7 Å². The van der Waals surface area contributed by atoms with Crippen LogP contribution in [0.2, 0.25) is 0 Å². The van der Waals surface area contributed by atoms with Crippen molar-refractivity contribution >= 4 is 16.9 Å². The van der Waals surface area contributed by atoms with Crippen molar-refractivity contribution in [1.29, 1.82) is 0 Å². The fourth-order valence-electron chi connectivity index (χ4n) is 3.68. The van der Waals surface area contributed by atoms with Crippen molar-refractivity contribution in [2.75, 3.05) is 20.2 Å². The van der Waals surface area contributed by atoms with E-state index in [0.29, 0.717) is 42.2 Å². The second kappa shape index (κ2) is 7.47. The van der Waals surface area contributed by atoms with Crippen LogP contribution in [0.1, 0.15) is 18.0 Å². The molecule has 1 fully saturated rings. The van der Waals surface area contributed by atoms with Crippen LogP contribution in [-0.4, -0.2) is 45.8 Å². The molecule has 0 bridgehead atoms. The van der Waals surface area contributed by atoms with Crippen molar-refractivity contribution < 1.29 is 22.7 Å². The van der Waals surface area contributed by atoms with E-state index < -0.39 is 11.7 Å². The number of alkyl halides is 3. The average Bonchev–Trinajstić information content (AvgIpc) is 3.37. The molecule has 1 aliphatic heterocycles. The first-order chi connectivity index (χ1) is 14.3. The Kier molecular flexibility index (Phi) is 4.97. The number of ether oxygens (including phenoxy) is 1. The highest BCUT2D eigenvalue weighted by molar-refractivity contribution is 5.91. The SMILES string of the molecule is C=CC(=O)N1CCC(n2nc(-c3ccc(C(F)(F)F)cc3)c3nc(OC)ccc32)C1. The van der Waals surface area contributed by atoms with E-state index >= 15 is 0 Å². The number of hydrogen-bond donors (Lipinski definition) is 0. The zero-order valence-electron chi connectivity index (χ0n) is 16.2. The highest BCUT2D eigenvalue weighted by Crippen LogP contribution is 2.35. The van der Waals surface area contributed by atoms with Crippen LogP contribution in [0.3, 0.4) is 0 Å². The number of amides is 1. The summed E-state index contributed by atoms with van der Waals surface area (Å²) in [6.45, 7) is 4.57. The van der Waals surface area contributed by atoms with Gasteiger partial charge in [-0.1, -0.05) is 18.7 Å². The average molecular weight is 416 g/mol. The van der Waals surface area contributed by atoms with Crippen LogP contribution in [0.25, 0.3) is 22.3 Å². The van der Waals surface area contributed by atoms with Crippen LogP contribution in [0.5, 0.6) is 5.88 Å². The van der Waals surface area contributed by atoms with E-state index in [1.807, 2.05) is 6.07 Å². The first kappa shape index (κ1) is 19.9. The number of carbonyl (C=O) groups is 1. The molecule has 1 unspecified atom stereocenters. The fraction of sp³-hybridized carbons (Fsp3) is 0.286. The Morgan fingerprint density at radius 2 is 1.97 bits per heavy atom. The van der Waals surface area contributed by atoms with Crippen molar-refractivity contribution in [2.45, 2.75) is 18.6 Å². The molecule has 3 aromatic rings. The number of aromatic nitrogens is 3. The molecule has 0 N–H and O–H groups in total. The molecular weight excluding hydrogens is 397 g/mol. The second-order valence-corrected chi connectivity index (χ2v) is 7.02. The fourth-order valence-corrected chi connectivity index (χ4v) is 3.68. The van der Waals surface area contributed by atoms with Crippen molar-refractivity contribution in [3.63, 3.8) is 0 Å². The summed E-state index contributed by atoms with van der Waals surface area (Å²) in [5.74, 6) is 0.238. The lowest BCUT2D eigenvalue weighted by Crippen LogP contribution is -2.27. The molecule has 1 atom stereocenters. The molecule has 30 heavy (non-hydrogen) atoms. The monoisotopic (exact) mass is 416 g/mol. The van der Waals surface area contributed by atoms with Gasteiger partial charge in [0.15, 0.2) is 0 Å². The Morgan fingerprint density at radius 3 is 2.60 bits per heavy atom. The molecule has 6 nitrogen and oxygen atoms in total. The first-order valence-corrected chi connectivity index (χ1v) is 9.34. The number of likely N-dealkylation sites (tertiary alicyclic amines) is 1. The van der Waals surface area contributed by atoms with Gasteiger partial charge in [0.2, 0.25) is 11.8 Å². The van der Waals surface area contributed by atoms with Crippen molar-refractivity contribution in [1.82, 2.24) is 19.7 Å². The highest BCUT2D eigenvalue weighted by atomic mass is 19.4. The molecular formula is C21H19F3N4O2. The third-order valence-corrected chi connectivity index (χ3v) is 5.22. The Balaban J connectivity index is 1.78. The molecule has 1 aromatic carbocycles. The predicted molar refractivity (Wildman–Crippen MR) is 105 cm³/mol. The zero-order valence-corrected chi connectivity index (χ0v) is 16.2. The Morgan fingerprint density at radius 1 is 1.23 bits per heavy atom. The molecule has 3 heterocycles. The summed E-state index contributed by atoms with van der Waals surface area (Å²) in [4.78, 5) is 18.1.